The molecular weight excluding hydrogens is 268 g/mol. The first-order valence-electron chi connectivity index (χ1n) is 7.22. The lowest BCUT2D eigenvalue weighted by molar-refractivity contribution is -0.128. The SMILES string of the molecule is CCOc1cccc(CN)c1OC(C)C(=O)NC(C)(C)C. The average Bonchev–Trinajstić information content (AvgIpc) is 2.38. The molecule has 5 nitrogen and oxygen atoms in total. The molecule has 118 valence electrons. The van der Waals surface area contributed by atoms with Gasteiger partial charge in [0.15, 0.2) is 17.6 Å². The van der Waals surface area contributed by atoms with Gasteiger partial charge >= 0.3 is 0 Å². The molecule has 1 aromatic rings. The van der Waals surface area contributed by atoms with Gasteiger partial charge in [-0.15, -0.1) is 0 Å². The van der Waals surface area contributed by atoms with E-state index in [9.17, 15) is 4.79 Å². The van der Waals surface area contributed by atoms with E-state index in [1.807, 2.05) is 45.9 Å². The van der Waals surface area contributed by atoms with Crippen LogP contribution in [-0.4, -0.2) is 24.2 Å². The van der Waals surface area contributed by atoms with Crippen LogP contribution in [0.1, 0.15) is 40.2 Å². The maximum atomic E-state index is 12.1. The summed E-state index contributed by atoms with van der Waals surface area (Å²) >= 11 is 0. The van der Waals surface area contributed by atoms with Gasteiger partial charge in [0.25, 0.3) is 5.91 Å². The second kappa shape index (κ2) is 7.31. The van der Waals surface area contributed by atoms with Crippen LogP contribution in [0.4, 0.5) is 0 Å². The van der Waals surface area contributed by atoms with E-state index in [0.29, 0.717) is 24.7 Å². The summed E-state index contributed by atoms with van der Waals surface area (Å²) in [4.78, 5) is 12.1. The highest BCUT2D eigenvalue weighted by Gasteiger charge is 2.22. The van der Waals surface area contributed by atoms with Gasteiger partial charge in [0, 0.05) is 17.6 Å². The van der Waals surface area contributed by atoms with Gasteiger partial charge in [0.05, 0.1) is 6.61 Å². The Balaban J connectivity index is 2.92. The summed E-state index contributed by atoms with van der Waals surface area (Å²) < 4.78 is 11.4. The molecule has 1 unspecified atom stereocenters. The number of rotatable bonds is 6. The van der Waals surface area contributed by atoms with E-state index in [-0.39, 0.29) is 11.4 Å². The molecule has 0 radical (unpaired) electrons. The predicted molar refractivity (Wildman–Crippen MR) is 83.5 cm³/mol. The zero-order valence-corrected chi connectivity index (χ0v) is 13.5. The molecule has 3 N–H and O–H groups in total. The van der Waals surface area contributed by atoms with E-state index >= 15 is 0 Å². The molecule has 1 amide bonds. The standard InChI is InChI=1S/C16H26N2O3/c1-6-20-13-9-7-8-12(10-17)14(13)21-11(2)15(19)18-16(3,4)5/h7-9,11H,6,10,17H2,1-5H3,(H,18,19). The number of para-hydroxylation sites is 1. The van der Waals surface area contributed by atoms with Gasteiger partial charge in [-0.25, -0.2) is 0 Å². The summed E-state index contributed by atoms with van der Waals surface area (Å²) in [5.74, 6) is 0.978. The molecule has 1 rings (SSSR count). The van der Waals surface area contributed by atoms with Gasteiger partial charge < -0.3 is 20.5 Å². The van der Waals surface area contributed by atoms with E-state index in [4.69, 9.17) is 15.2 Å². The molecule has 0 aliphatic rings. The third-order valence-corrected chi connectivity index (χ3v) is 2.74. The Labute approximate surface area is 126 Å². The normalized spacial score (nSPS) is 12.7. The summed E-state index contributed by atoms with van der Waals surface area (Å²) in [5, 5.41) is 2.89. The van der Waals surface area contributed by atoms with Gasteiger partial charge in [-0.1, -0.05) is 12.1 Å². The Hall–Kier alpha value is -1.75. The Morgan fingerprint density at radius 1 is 1.38 bits per heavy atom. The van der Waals surface area contributed by atoms with E-state index in [2.05, 4.69) is 5.32 Å². The molecule has 0 heterocycles. The van der Waals surface area contributed by atoms with Crippen LogP contribution in [0.15, 0.2) is 18.2 Å². The quantitative estimate of drug-likeness (QED) is 0.844. The first-order valence-corrected chi connectivity index (χ1v) is 7.22. The minimum absolute atomic E-state index is 0.170. The highest BCUT2D eigenvalue weighted by Crippen LogP contribution is 2.32. The maximum Gasteiger partial charge on any atom is 0.261 e. The zero-order valence-electron chi connectivity index (χ0n) is 13.5. The lowest BCUT2D eigenvalue weighted by atomic mass is 10.1. The highest BCUT2D eigenvalue weighted by atomic mass is 16.5. The first-order chi connectivity index (χ1) is 9.78. The summed E-state index contributed by atoms with van der Waals surface area (Å²) in [6.07, 6.45) is -0.629. The van der Waals surface area contributed by atoms with Crippen LogP contribution in [0, 0.1) is 0 Å². The number of carbonyl (C=O) groups is 1. The van der Waals surface area contributed by atoms with Crippen LogP contribution in [0.3, 0.4) is 0 Å². The van der Waals surface area contributed by atoms with Crippen molar-refractivity contribution in [1.29, 1.82) is 0 Å². The third-order valence-electron chi connectivity index (χ3n) is 2.74. The summed E-state index contributed by atoms with van der Waals surface area (Å²) in [6, 6.07) is 5.54. The Morgan fingerprint density at radius 3 is 2.57 bits per heavy atom. The van der Waals surface area contributed by atoms with Gasteiger partial charge in [-0.2, -0.15) is 0 Å². The van der Waals surface area contributed by atoms with Crippen molar-refractivity contribution >= 4 is 5.91 Å². The third kappa shape index (κ3) is 5.27. The van der Waals surface area contributed by atoms with Crippen molar-refractivity contribution in [1.82, 2.24) is 5.32 Å². The molecule has 0 saturated heterocycles. The fourth-order valence-electron chi connectivity index (χ4n) is 1.83. The molecule has 5 heteroatoms. The average molecular weight is 294 g/mol. The van der Waals surface area contributed by atoms with Gasteiger partial charge in [-0.3, -0.25) is 4.79 Å². The van der Waals surface area contributed by atoms with E-state index in [1.165, 1.54) is 0 Å². The number of benzene rings is 1. The van der Waals surface area contributed by atoms with Crippen molar-refractivity contribution in [3.63, 3.8) is 0 Å². The molecule has 0 aromatic heterocycles. The number of amides is 1. The van der Waals surface area contributed by atoms with Gasteiger partial charge in [-0.05, 0) is 40.7 Å². The molecule has 1 atom stereocenters. The van der Waals surface area contributed by atoms with Gasteiger partial charge in [0.1, 0.15) is 0 Å². The van der Waals surface area contributed by atoms with Crippen molar-refractivity contribution in [2.45, 2.75) is 52.8 Å². The number of hydrogen-bond donors (Lipinski definition) is 2. The Kier molecular flexibility index (Phi) is 6.03. The minimum atomic E-state index is -0.629. The molecule has 0 fully saturated rings. The number of nitrogens with one attached hydrogen (secondary N) is 1. The monoisotopic (exact) mass is 294 g/mol. The van der Waals surface area contributed by atoms with Crippen molar-refractivity contribution in [3.8, 4) is 11.5 Å². The van der Waals surface area contributed by atoms with Crippen molar-refractivity contribution in [2.24, 2.45) is 5.73 Å². The number of nitrogens with two attached hydrogens (primary N) is 1. The fraction of sp³-hybridized carbons (Fsp3) is 0.562. The van der Waals surface area contributed by atoms with Crippen LogP contribution in [0.5, 0.6) is 11.5 Å². The molecule has 0 saturated carbocycles. The molecule has 0 bridgehead atoms. The second-order valence-electron chi connectivity index (χ2n) is 5.88. The molecule has 21 heavy (non-hydrogen) atoms. The van der Waals surface area contributed by atoms with Crippen molar-refractivity contribution in [2.75, 3.05) is 6.61 Å². The van der Waals surface area contributed by atoms with E-state index in [1.54, 1.807) is 6.92 Å². The Morgan fingerprint density at radius 2 is 2.05 bits per heavy atom. The second-order valence-corrected chi connectivity index (χ2v) is 5.88. The van der Waals surface area contributed by atoms with Crippen molar-refractivity contribution in [3.05, 3.63) is 23.8 Å². The van der Waals surface area contributed by atoms with Crippen LogP contribution >= 0.6 is 0 Å². The lowest BCUT2D eigenvalue weighted by Gasteiger charge is -2.25. The van der Waals surface area contributed by atoms with Crippen molar-refractivity contribution < 1.29 is 14.3 Å². The topological polar surface area (TPSA) is 73.6 Å². The maximum absolute atomic E-state index is 12.1. The zero-order chi connectivity index (χ0) is 16.0. The van der Waals surface area contributed by atoms with Crippen LogP contribution < -0.4 is 20.5 Å². The lowest BCUT2D eigenvalue weighted by Crippen LogP contribution is -2.46. The summed E-state index contributed by atoms with van der Waals surface area (Å²) in [7, 11) is 0. The predicted octanol–water partition coefficient (Wildman–Crippen LogP) is 2.23. The largest absolute Gasteiger partial charge is 0.490 e. The summed E-state index contributed by atoms with van der Waals surface area (Å²) in [6.45, 7) is 10.2. The van der Waals surface area contributed by atoms with Crippen LogP contribution in [-0.2, 0) is 11.3 Å². The van der Waals surface area contributed by atoms with Crippen LogP contribution in [0.2, 0.25) is 0 Å². The molecule has 1 aromatic carbocycles. The highest BCUT2D eigenvalue weighted by molar-refractivity contribution is 5.81. The van der Waals surface area contributed by atoms with Gasteiger partial charge in [0.2, 0.25) is 0 Å². The minimum Gasteiger partial charge on any atom is -0.490 e. The summed E-state index contributed by atoms with van der Waals surface area (Å²) in [5.41, 5.74) is 6.25. The Bertz CT molecular complexity index is 481. The number of carbonyl (C=O) groups excluding carboxylic acids is 1. The number of ether oxygens (including phenoxy) is 2. The molecular formula is C16H26N2O3. The van der Waals surface area contributed by atoms with E-state index in [0.717, 1.165) is 5.56 Å². The molecule has 0 aliphatic carbocycles. The molecule has 0 aliphatic heterocycles. The molecule has 0 spiro atoms. The fourth-order valence-corrected chi connectivity index (χ4v) is 1.83. The smallest absolute Gasteiger partial charge is 0.261 e. The number of hydrogen-bond acceptors (Lipinski definition) is 4. The first kappa shape index (κ1) is 17.3. The van der Waals surface area contributed by atoms with E-state index < -0.39 is 6.10 Å². The van der Waals surface area contributed by atoms with Crippen LogP contribution in [0.25, 0.3) is 0 Å².